The number of aromatic nitrogens is 4. The number of nitrogens with zero attached hydrogens (tertiary/aromatic N) is 3. The maximum atomic E-state index is 11.7. The van der Waals surface area contributed by atoms with Crippen LogP contribution in [-0.4, -0.2) is 37.3 Å². The topological polar surface area (TPSA) is 119 Å². The van der Waals surface area contributed by atoms with E-state index in [1.807, 2.05) is 0 Å². The number of aliphatic hydroxyl groups is 1. The number of H-pyrrole nitrogens is 1. The Labute approximate surface area is 113 Å². The molecule has 104 valence electrons. The standard InChI is InChI=1S/C12H13N5O3/c1-2-6-3-7(4-18)20-11(6)17-5-14-8-9(17)15-12(13)16-10(8)19/h1,5-7,11,18H,3-4H2,(H3,13,15,16,19). The van der Waals surface area contributed by atoms with Crippen LogP contribution < -0.4 is 11.3 Å². The normalized spacial score (nSPS) is 25.9. The highest BCUT2D eigenvalue weighted by molar-refractivity contribution is 5.70. The summed E-state index contributed by atoms with van der Waals surface area (Å²) in [7, 11) is 0. The number of terminal acetylenes is 1. The first-order valence-electron chi connectivity index (χ1n) is 6.08. The zero-order valence-corrected chi connectivity index (χ0v) is 10.5. The van der Waals surface area contributed by atoms with Crippen LogP contribution in [0.2, 0.25) is 0 Å². The molecule has 0 aromatic carbocycles. The summed E-state index contributed by atoms with van der Waals surface area (Å²) in [6.07, 6.45) is 6.62. The third kappa shape index (κ3) is 1.84. The van der Waals surface area contributed by atoms with E-state index in [0.717, 1.165) is 0 Å². The Morgan fingerprint density at radius 2 is 2.50 bits per heavy atom. The summed E-state index contributed by atoms with van der Waals surface area (Å²) < 4.78 is 7.27. The summed E-state index contributed by atoms with van der Waals surface area (Å²) in [6, 6.07) is 0. The molecule has 20 heavy (non-hydrogen) atoms. The lowest BCUT2D eigenvalue weighted by atomic mass is 10.0. The number of aliphatic hydroxyl groups excluding tert-OH is 1. The Bertz CT molecular complexity index is 744. The lowest BCUT2D eigenvalue weighted by Crippen LogP contribution is -2.17. The molecule has 2 aromatic heterocycles. The molecule has 1 aliphatic heterocycles. The lowest BCUT2D eigenvalue weighted by molar-refractivity contribution is -0.0262. The summed E-state index contributed by atoms with van der Waals surface area (Å²) in [5.74, 6) is 2.40. The van der Waals surface area contributed by atoms with Gasteiger partial charge in [-0.25, -0.2) is 4.98 Å². The van der Waals surface area contributed by atoms with Crippen LogP contribution in [0.25, 0.3) is 11.2 Å². The molecule has 3 heterocycles. The van der Waals surface area contributed by atoms with E-state index in [1.165, 1.54) is 6.33 Å². The van der Waals surface area contributed by atoms with E-state index in [1.54, 1.807) is 4.57 Å². The Hall–Kier alpha value is -2.37. The van der Waals surface area contributed by atoms with Crippen molar-refractivity contribution in [2.75, 3.05) is 12.3 Å². The molecule has 8 heteroatoms. The highest BCUT2D eigenvalue weighted by Crippen LogP contribution is 2.34. The second-order valence-corrected chi connectivity index (χ2v) is 4.62. The molecule has 3 rings (SSSR count). The van der Waals surface area contributed by atoms with Crippen molar-refractivity contribution in [3.63, 3.8) is 0 Å². The molecule has 0 bridgehead atoms. The molecular weight excluding hydrogens is 262 g/mol. The van der Waals surface area contributed by atoms with Gasteiger partial charge < -0.3 is 15.6 Å². The van der Waals surface area contributed by atoms with Crippen molar-refractivity contribution < 1.29 is 9.84 Å². The van der Waals surface area contributed by atoms with E-state index in [-0.39, 0.29) is 30.1 Å². The molecule has 0 spiro atoms. The molecule has 4 N–H and O–H groups in total. The van der Waals surface area contributed by atoms with E-state index in [0.29, 0.717) is 12.1 Å². The van der Waals surface area contributed by atoms with Gasteiger partial charge in [0.25, 0.3) is 5.56 Å². The van der Waals surface area contributed by atoms with Gasteiger partial charge in [-0.3, -0.25) is 14.3 Å². The predicted octanol–water partition coefficient (Wildman–Crippen LogP) is -0.769. The second-order valence-electron chi connectivity index (χ2n) is 4.62. The number of hydrogen-bond donors (Lipinski definition) is 3. The Morgan fingerprint density at radius 1 is 1.70 bits per heavy atom. The van der Waals surface area contributed by atoms with Crippen molar-refractivity contribution in [3.05, 3.63) is 16.7 Å². The van der Waals surface area contributed by atoms with Crippen LogP contribution in [-0.2, 0) is 4.74 Å². The monoisotopic (exact) mass is 275 g/mol. The van der Waals surface area contributed by atoms with Crippen LogP contribution in [0.4, 0.5) is 5.95 Å². The molecule has 0 saturated carbocycles. The van der Waals surface area contributed by atoms with E-state index >= 15 is 0 Å². The Balaban J connectivity index is 2.11. The van der Waals surface area contributed by atoms with Crippen LogP contribution >= 0.6 is 0 Å². The molecule has 1 saturated heterocycles. The highest BCUT2D eigenvalue weighted by Gasteiger charge is 2.36. The maximum Gasteiger partial charge on any atom is 0.280 e. The maximum absolute atomic E-state index is 11.7. The average Bonchev–Trinajstić information content (AvgIpc) is 3.01. The highest BCUT2D eigenvalue weighted by atomic mass is 16.5. The summed E-state index contributed by atoms with van der Waals surface area (Å²) >= 11 is 0. The molecule has 1 fully saturated rings. The van der Waals surface area contributed by atoms with Crippen molar-refractivity contribution >= 4 is 17.1 Å². The number of ether oxygens (including phenoxy) is 1. The van der Waals surface area contributed by atoms with E-state index in [4.69, 9.17) is 16.9 Å². The van der Waals surface area contributed by atoms with E-state index in [9.17, 15) is 9.90 Å². The van der Waals surface area contributed by atoms with Gasteiger partial charge in [-0.15, -0.1) is 6.42 Å². The van der Waals surface area contributed by atoms with Gasteiger partial charge in [-0.05, 0) is 6.42 Å². The fourth-order valence-corrected chi connectivity index (χ4v) is 2.40. The van der Waals surface area contributed by atoms with Crippen molar-refractivity contribution in [2.45, 2.75) is 18.8 Å². The number of anilines is 1. The summed E-state index contributed by atoms with van der Waals surface area (Å²) in [5, 5.41) is 9.19. The number of nitrogens with one attached hydrogen (secondary N) is 1. The van der Waals surface area contributed by atoms with Crippen LogP contribution in [0.15, 0.2) is 11.1 Å². The minimum absolute atomic E-state index is 0.00165. The van der Waals surface area contributed by atoms with Gasteiger partial charge in [0.2, 0.25) is 5.95 Å². The first-order valence-corrected chi connectivity index (χ1v) is 6.08. The van der Waals surface area contributed by atoms with Crippen LogP contribution in [0.3, 0.4) is 0 Å². The number of nitrogen functional groups attached to an aromatic ring is 1. The fourth-order valence-electron chi connectivity index (χ4n) is 2.40. The molecule has 0 radical (unpaired) electrons. The van der Waals surface area contributed by atoms with E-state index < -0.39 is 11.8 Å². The average molecular weight is 275 g/mol. The molecule has 8 nitrogen and oxygen atoms in total. The molecule has 1 aliphatic rings. The van der Waals surface area contributed by atoms with Gasteiger partial charge >= 0.3 is 0 Å². The molecule has 0 aliphatic carbocycles. The number of fused-ring (bicyclic) bond motifs is 1. The molecule has 0 amide bonds. The summed E-state index contributed by atoms with van der Waals surface area (Å²) in [4.78, 5) is 22.2. The quantitative estimate of drug-likeness (QED) is 0.619. The number of aromatic amines is 1. The lowest BCUT2D eigenvalue weighted by Gasteiger charge is -2.16. The third-order valence-electron chi connectivity index (χ3n) is 3.34. The second kappa shape index (κ2) is 4.63. The Morgan fingerprint density at radius 3 is 3.20 bits per heavy atom. The van der Waals surface area contributed by atoms with Crippen molar-refractivity contribution in [2.24, 2.45) is 5.92 Å². The fraction of sp³-hybridized carbons (Fsp3) is 0.417. The number of nitrogens with two attached hydrogens (primary N) is 1. The zero-order chi connectivity index (χ0) is 14.3. The van der Waals surface area contributed by atoms with Gasteiger partial charge in [0.05, 0.1) is 25.0 Å². The van der Waals surface area contributed by atoms with Gasteiger partial charge in [0, 0.05) is 0 Å². The number of rotatable bonds is 2. The van der Waals surface area contributed by atoms with Gasteiger partial charge in [0.1, 0.15) is 0 Å². The molecule has 3 atom stereocenters. The first kappa shape index (κ1) is 12.7. The van der Waals surface area contributed by atoms with Crippen molar-refractivity contribution in [1.82, 2.24) is 19.5 Å². The smallest absolute Gasteiger partial charge is 0.280 e. The van der Waals surface area contributed by atoms with E-state index in [2.05, 4.69) is 20.9 Å². The number of imidazole rings is 1. The van der Waals surface area contributed by atoms with Gasteiger partial charge in [0.15, 0.2) is 17.4 Å². The van der Waals surface area contributed by atoms with Crippen molar-refractivity contribution in [3.8, 4) is 12.3 Å². The van der Waals surface area contributed by atoms with Crippen LogP contribution in [0.1, 0.15) is 12.6 Å². The summed E-state index contributed by atoms with van der Waals surface area (Å²) in [6.45, 7) is -0.114. The number of hydrogen-bond acceptors (Lipinski definition) is 6. The first-order chi connectivity index (χ1) is 9.63. The minimum atomic E-state index is -0.518. The molecule has 3 unspecified atom stereocenters. The largest absolute Gasteiger partial charge is 0.394 e. The predicted molar refractivity (Wildman–Crippen MR) is 70.5 cm³/mol. The van der Waals surface area contributed by atoms with Crippen LogP contribution in [0.5, 0.6) is 0 Å². The zero-order valence-electron chi connectivity index (χ0n) is 10.5. The Kier molecular flexibility index (Phi) is 2.93. The van der Waals surface area contributed by atoms with Gasteiger partial charge in [-0.2, -0.15) is 4.98 Å². The molecule has 2 aromatic rings. The molecular formula is C12H13N5O3. The summed E-state index contributed by atoms with van der Waals surface area (Å²) in [5.41, 5.74) is 5.61. The third-order valence-corrected chi connectivity index (χ3v) is 3.34. The van der Waals surface area contributed by atoms with Crippen LogP contribution in [0, 0.1) is 18.3 Å². The van der Waals surface area contributed by atoms with Gasteiger partial charge in [-0.1, -0.05) is 5.92 Å². The minimum Gasteiger partial charge on any atom is -0.394 e. The van der Waals surface area contributed by atoms with Crippen molar-refractivity contribution in [1.29, 1.82) is 0 Å². The SMILES string of the molecule is C#CC1CC(CO)OC1n1cnc2c(=O)[nH]c(N)nc21.